The van der Waals surface area contributed by atoms with Crippen LogP contribution in [0.5, 0.6) is 0 Å². The molecule has 3 amide bonds. The lowest BCUT2D eigenvalue weighted by atomic mass is 9.53. The number of urea groups is 1. The summed E-state index contributed by atoms with van der Waals surface area (Å²) in [7, 11) is 0. The fourth-order valence-corrected chi connectivity index (χ4v) is 5.00. The van der Waals surface area contributed by atoms with E-state index in [0.29, 0.717) is 0 Å². The molecular weight excluding hydrogens is 296 g/mol. The third kappa shape index (κ3) is 3.67. The zero-order valence-corrected chi connectivity index (χ0v) is 13.9. The molecule has 0 unspecified atom stereocenters. The number of hydrogen-bond acceptors (Lipinski definition) is 4. The number of esters is 1. The number of carbonyl (C=O) groups excluding carboxylic acids is 3. The molecule has 0 aromatic carbocycles. The van der Waals surface area contributed by atoms with E-state index in [1.165, 1.54) is 19.3 Å². The van der Waals surface area contributed by atoms with Gasteiger partial charge in [-0.05, 0) is 56.3 Å². The van der Waals surface area contributed by atoms with Gasteiger partial charge in [-0.25, -0.2) is 4.79 Å². The molecule has 23 heavy (non-hydrogen) atoms. The van der Waals surface area contributed by atoms with Crippen LogP contribution < -0.4 is 10.6 Å². The van der Waals surface area contributed by atoms with E-state index in [1.54, 1.807) is 13.8 Å². The molecule has 0 aliphatic heterocycles. The molecule has 4 aliphatic carbocycles. The largest absolute Gasteiger partial charge is 0.455 e. The highest BCUT2D eigenvalue weighted by molar-refractivity contribution is 5.95. The van der Waals surface area contributed by atoms with Gasteiger partial charge < -0.3 is 10.1 Å². The first-order valence-corrected chi connectivity index (χ1v) is 8.64. The standard InChI is InChI=1S/C17H26N2O4/c1-10(2)15(21)23-9-14(20)18-16(22)19-17-6-11-3-12(7-17)5-13(4-11)8-17/h10-13H,3-9H2,1-2H3,(H2,18,19,20,22). The molecule has 0 aromatic heterocycles. The smallest absolute Gasteiger partial charge is 0.321 e. The molecule has 6 nitrogen and oxygen atoms in total. The van der Waals surface area contributed by atoms with Crippen LogP contribution in [0.1, 0.15) is 52.4 Å². The minimum absolute atomic E-state index is 0.131. The van der Waals surface area contributed by atoms with Gasteiger partial charge in [0.05, 0.1) is 5.92 Å². The molecule has 0 radical (unpaired) electrons. The van der Waals surface area contributed by atoms with Crippen LogP contribution in [0.4, 0.5) is 4.79 Å². The zero-order chi connectivity index (χ0) is 16.6. The van der Waals surface area contributed by atoms with Gasteiger partial charge >= 0.3 is 12.0 Å². The fraction of sp³-hybridized carbons (Fsp3) is 0.824. The van der Waals surface area contributed by atoms with Crippen molar-refractivity contribution in [1.29, 1.82) is 0 Å². The predicted molar refractivity (Wildman–Crippen MR) is 83.4 cm³/mol. The summed E-state index contributed by atoms with van der Waals surface area (Å²) >= 11 is 0. The van der Waals surface area contributed by atoms with Crippen molar-refractivity contribution in [3.05, 3.63) is 0 Å². The number of ether oxygens (including phenoxy) is 1. The van der Waals surface area contributed by atoms with Gasteiger partial charge in [0.2, 0.25) is 0 Å². The van der Waals surface area contributed by atoms with E-state index in [0.717, 1.165) is 37.0 Å². The normalized spacial score (nSPS) is 34.3. The molecule has 0 aromatic rings. The Bertz CT molecular complexity index is 479. The highest BCUT2D eigenvalue weighted by Gasteiger charge is 2.51. The Labute approximate surface area is 136 Å². The maximum absolute atomic E-state index is 12.1. The lowest BCUT2D eigenvalue weighted by Crippen LogP contribution is -2.62. The van der Waals surface area contributed by atoms with Crippen LogP contribution in [0.2, 0.25) is 0 Å². The maximum atomic E-state index is 12.1. The van der Waals surface area contributed by atoms with Crippen LogP contribution in [-0.4, -0.2) is 30.1 Å². The SMILES string of the molecule is CC(C)C(=O)OCC(=O)NC(=O)NC12CC3CC(CC(C3)C1)C2. The molecule has 128 valence electrons. The Kier molecular flexibility index (Phi) is 4.34. The first-order valence-electron chi connectivity index (χ1n) is 8.64. The highest BCUT2D eigenvalue weighted by Crippen LogP contribution is 2.55. The number of hydrogen-bond donors (Lipinski definition) is 2. The van der Waals surface area contributed by atoms with Crippen LogP contribution in [0.3, 0.4) is 0 Å². The highest BCUT2D eigenvalue weighted by atomic mass is 16.5. The Balaban J connectivity index is 1.48. The number of nitrogens with one attached hydrogen (secondary N) is 2. The second kappa shape index (κ2) is 6.13. The molecule has 6 heteroatoms. The Morgan fingerprint density at radius 3 is 2.04 bits per heavy atom. The van der Waals surface area contributed by atoms with Crippen molar-refractivity contribution < 1.29 is 19.1 Å². The van der Waals surface area contributed by atoms with Gasteiger partial charge in [0.15, 0.2) is 6.61 Å². The summed E-state index contributed by atoms with van der Waals surface area (Å²) in [6.07, 6.45) is 6.99. The minimum Gasteiger partial charge on any atom is -0.455 e. The molecule has 4 rings (SSSR count). The van der Waals surface area contributed by atoms with Gasteiger partial charge in [-0.3, -0.25) is 14.9 Å². The van der Waals surface area contributed by atoms with Crippen molar-refractivity contribution in [1.82, 2.24) is 10.6 Å². The van der Waals surface area contributed by atoms with Gasteiger partial charge in [-0.15, -0.1) is 0 Å². The molecule has 4 fully saturated rings. The summed E-state index contributed by atoms with van der Waals surface area (Å²) in [5.41, 5.74) is -0.131. The van der Waals surface area contributed by atoms with Gasteiger partial charge in [0, 0.05) is 5.54 Å². The second-order valence-corrected chi connectivity index (χ2v) is 7.96. The van der Waals surface area contributed by atoms with Crippen molar-refractivity contribution in [2.24, 2.45) is 23.7 Å². The van der Waals surface area contributed by atoms with Crippen molar-refractivity contribution in [3.8, 4) is 0 Å². The molecule has 4 bridgehead atoms. The van der Waals surface area contributed by atoms with Gasteiger partial charge in [-0.1, -0.05) is 13.8 Å². The van der Waals surface area contributed by atoms with E-state index in [9.17, 15) is 14.4 Å². The van der Waals surface area contributed by atoms with Gasteiger partial charge in [0.1, 0.15) is 0 Å². The first-order chi connectivity index (χ1) is 10.8. The van der Waals surface area contributed by atoms with E-state index in [2.05, 4.69) is 10.6 Å². The quantitative estimate of drug-likeness (QED) is 0.775. The summed E-state index contributed by atoms with van der Waals surface area (Å²) in [4.78, 5) is 35.2. The summed E-state index contributed by atoms with van der Waals surface area (Å²) < 4.78 is 4.83. The van der Waals surface area contributed by atoms with Crippen LogP contribution in [-0.2, 0) is 14.3 Å². The fourth-order valence-electron chi connectivity index (χ4n) is 5.00. The third-order valence-electron chi connectivity index (χ3n) is 5.49. The van der Waals surface area contributed by atoms with Crippen LogP contribution in [0.25, 0.3) is 0 Å². The molecule has 4 saturated carbocycles. The summed E-state index contributed by atoms with van der Waals surface area (Å²) in [5.74, 6) is 0.865. The predicted octanol–water partition coefficient (Wildman–Crippen LogP) is 1.98. The molecule has 4 aliphatic rings. The Hall–Kier alpha value is -1.59. The third-order valence-corrected chi connectivity index (χ3v) is 5.49. The van der Waals surface area contributed by atoms with E-state index in [-0.39, 0.29) is 11.5 Å². The van der Waals surface area contributed by atoms with E-state index >= 15 is 0 Å². The van der Waals surface area contributed by atoms with Gasteiger partial charge in [-0.2, -0.15) is 0 Å². The number of amides is 3. The molecule has 2 N–H and O–H groups in total. The topological polar surface area (TPSA) is 84.5 Å². The second-order valence-electron chi connectivity index (χ2n) is 7.96. The van der Waals surface area contributed by atoms with Crippen LogP contribution >= 0.6 is 0 Å². The summed E-state index contributed by atoms with van der Waals surface area (Å²) in [5, 5.41) is 5.34. The molecular formula is C17H26N2O4. The van der Waals surface area contributed by atoms with E-state index < -0.39 is 24.5 Å². The van der Waals surface area contributed by atoms with Gasteiger partial charge in [0.25, 0.3) is 5.91 Å². The number of rotatable bonds is 4. The maximum Gasteiger partial charge on any atom is 0.321 e. The van der Waals surface area contributed by atoms with Crippen molar-refractivity contribution >= 4 is 17.9 Å². The number of imide groups is 1. The Morgan fingerprint density at radius 2 is 1.57 bits per heavy atom. The minimum atomic E-state index is -0.582. The molecule has 0 spiro atoms. The van der Waals surface area contributed by atoms with E-state index in [4.69, 9.17) is 4.74 Å². The zero-order valence-electron chi connectivity index (χ0n) is 13.9. The summed E-state index contributed by atoms with van der Waals surface area (Å²) in [6.45, 7) is 2.98. The first kappa shape index (κ1) is 16.3. The number of carbonyl (C=O) groups is 3. The average molecular weight is 322 g/mol. The summed E-state index contributed by atoms with van der Waals surface area (Å²) in [6, 6.07) is -0.461. The molecule has 0 saturated heterocycles. The van der Waals surface area contributed by atoms with Crippen LogP contribution in [0, 0.1) is 23.7 Å². The van der Waals surface area contributed by atoms with Crippen molar-refractivity contribution in [3.63, 3.8) is 0 Å². The average Bonchev–Trinajstić information content (AvgIpc) is 2.42. The molecule has 0 heterocycles. The van der Waals surface area contributed by atoms with Crippen molar-refractivity contribution in [2.45, 2.75) is 57.9 Å². The Morgan fingerprint density at radius 1 is 1.04 bits per heavy atom. The monoisotopic (exact) mass is 322 g/mol. The lowest BCUT2D eigenvalue weighted by Gasteiger charge is -2.56. The van der Waals surface area contributed by atoms with E-state index in [1.807, 2.05) is 0 Å². The lowest BCUT2D eigenvalue weighted by molar-refractivity contribution is -0.151. The van der Waals surface area contributed by atoms with Crippen LogP contribution in [0.15, 0.2) is 0 Å². The molecule has 0 atom stereocenters. The van der Waals surface area contributed by atoms with Crippen molar-refractivity contribution in [2.75, 3.05) is 6.61 Å².